The number of benzene rings is 3. The van der Waals surface area contributed by atoms with E-state index in [-0.39, 0.29) is 12.4 Å². The number of hydrogen-bond donors (Lipinski definition) is 3. The molecule has 0 bridgehead atoms. The van der Waals surface area contributed by atoms with Gasteiger partial charge in [-0.15, -0.1) is 0 Å². The van der Waals surface area contributed by atoms with E-state index in [1.807, 2.05) is 54.6 Å². The highest BCUT2D eigenvalue weighted by molar-refractivity contribution is 5.89. The summed E-state index contributed by atoms with van der Waals surface area (Å²) in [5.41, 5.74) is 13.0. The number of Topliss-reactive ketones (excluding diaryl/α,β-unsaturated/α-hetero) is 1. The summed E-state index contributed by atoms with van der Waals surface area (Å²) in [6.07, 6.45) is 2.17. The molecule has 5 N–H and O–H groups in total. The van der Waals surface area contributed by atoms with Gasteiger partial charge in [-0.3, -0.25) is 4.79 Å². The van der Waals surface area contributed by atoms with Gasteiger partial charge in [-0.05, 0) is 60.8 Å². The number of carbonyl (C=O) groups is 1. The second-order valence-electron chi connectivity index (χ2n) is 7.50. The Labute approximate surface area is 178 Å². The maximum Gasteiger partial charge on any atom is 0.169 e. The topological polar surface area (TPSA) is 90.4 Å². The van der Waals surface area contributed by atoms with E-state index >= 15 is 0 Å². The lowest BCUT2D eigenvalue weighted by atomic mass is 9.99. The van der Waals surface area contributed by atoms with Gasteiger partial charge in [0.15, 0.2) is 5.78 Å². The van der Waals surface area contributed by atoms with Crippen molar-refractivity contribution in [1.29, 1.82) is 0 Å². The van der Waals surface area contributed by atoms with Crippen LogP contribution in [0.4, 0.5) is 0 Å². The van der Waals surface area contributed by atoms with Gasteiger partial charge < -0.3 is 21.5 Å². The average molecular weight is 406 g/mol. The van der Waals surface area contributed by atoms with E-state index < -0.39 is 12.1 Å². The largest absolute Gasteiger partial charge is 0.491 e. The fourth-order valence-corrected chi connectivity index (χ4v) is 3.42. The lowest BCUT2D eigenvalue weighted by molar-refractivity contribution is -0.123. The number of rotatable bonds is 12. The first-order valence-corrected chi connectivity index (χ1v) is 10.6. The molecule has 5 heteroatoms. The molecule has 1 unspecified atom stereocenters. The van der Waals surface area contributed by atoms with Crippen LogP contribution < -0.4 is 21.5 Å². The predicted octanol–water partition coefficient (Wildman–Crippen LogP) is 3.05. The summed E-state index contributed by atoms with van der Waals surface area (Å²) < 4.78 is 5.97. The van der Waals surface area contributed by atoms with Crippen LogP contribution in [-0.2, 0) is 11.2 Å². The van der Waals surface area contributed by atoms with Crippen molar-refractivity contribution in [1.82, 2.24) is 5.32 Å². The first-order valence-electron chi connectivity index (χ1n) is 10.6. The van der Waals surface area contributed by atoms with Gasteiger partial charge in [0.2, 0.25) is 0 Å². The normalized spacial score (nSPS) is 13.1. The van der Waals surface area contributed by atoms with Crippen molar-refractivity contribution in [2.75, 3.05) is 19.7 Å². The van der Waals surface area contributed by atoms with Gasteiger partial charge in [-0.1, -0.05) is 60.7 Å². The first kappa shape index (κ1) is 22.0. The Morgan fingerprint density at radius 1 is 0.967 bits per heavy atom. The van der Waals surface area contributed by atoms with Gasteiger partial charge in [0.05, 0.1) is 6.04 Å². The maximum atomic E-state index is 13.0. The summed E-state index contributed by atoms with van der Waals surface area (Å²) in [5, 5.41) is 5.53. The summed E-state index contributed by atoms with van der Waals surface area (Å²) in [5.74, 6) is 0.716. The molecule has 0 aromatic heterocycles. The SMILES string of the molecule is NCCCNC(COc1ccc2ccccc2c1)C(=O)[C@@H](N)CCc1ccccc1. The van der Waals surface area contributed by atoms with Crippen LogP contribution in [0.3, 0.4) is 0 Å². The van der Waals surface area contributed by atoms with Crippen LogP contribution >= 0.6 is 0 Å². The molecule has 0 aliphatic carbocycles. The maximum absolute atomic E-state index is 13.0. The van der Waals surface area contributed by atoms with Crippen LogP contribution in [0.5, 0.6) is 5.75 Å². The first-order chi connectivity index (χ1) is 14.7. The lowest BCUT2D eigenvalue weighted by Crippen LogP contribution is -2.49. The number of fused-ring (bicyclic) bond motifs is 1. The van der Waals surface area contributed by atoms with Gasteiger partial charge in [0.25, 0.3) is 0 Å². The summed E-state index contributed by atoms with van der Waals surface area (Å²) in [6, 6.07) is 23.1. The van der Waals surface area contributed by atoms with Crippen LogP contribution in [0.15, 0.2) is 72.8 Å². The highest BCUT2D eigenvalue weighted by atomic mass is 16.5. The van der Waals surface area contributed by atoms with Gasteiger partial charge in [0, 0.05) is 0 Å². The van der Waals surface area contributed by atoms with E-state index in [9.17, 15) is 4.79 Å². The zero-order valence-electron chi connectivity index (χ0n) is 17.3. The van der Waals surface area contributed by atoms with Crippen molar-refractivity contribution < 1.29 is 9.53 Å². The molecular weight excluding hydrogens is 374 g/mol. The van der Waals surface area contributed by atoms with Crippen LogP contribution in [0.1, 0.15) is 18.4 Å². The monoisotopic (exact) mass is 405 g/mol. The van der Waals surface area contributed by atoms with Crippen LogP contribution in [-0.4, -0.2) is 37.6 Å². The summed E-state index contributed by atoms with van der Waals surface area (Å²) >= 11 is 0. The van der Waals surface area contributed by atoms with Crippen molar-refractivity contribution in [2.24, 2.45) is 11.5 Å². The quantitative estimate of drug-likeness (QED) is 0.403. The van der Waals surface area contributed by atoms with E-state index in [4.69, 9.17) is 16.2 Å². The predicted molar refractivity (Wildman–Crippen MR) is 123 cm³/mol. The fraction of sp³-hybridized carbons (Fsp3) is 0.320. The molecule has 158 valence electrons. The van der Waals surface area contributed by atoms with Crippen molar-refractivity contribution in [3.05, 3.63) is 78.4 Å². The van der Waals surface area contributed by atoms with Gasteiger partial charge in [0.1, 0.15) is 18.4 Å². The Morgan fingerprint density at radius 3 is 2.47 bits per heavy atom. The van der Waals surface area contributed by atoms with Crippen LogP contribution in [0.2, 0.25) is 0 Å². The summed E-state index contributed by atoms with van der Waals surface area (Å²) in [7, 11) is 0. The van der Waals surface area contributed by atoms with E-state index in [0.717, 1.165) is 29.4 Å². The smallest absolute Gasteiger partial charge is 0.169 e. The summed E-state index contributed by atoms with van der Waals surface area (Å²) in [6.45, 7) is 1.46. The number of ketones is 1. The molecule has 0 radical (unpaired) electrons. The van der Waals surface area contributed by atoms with E-state index in [2.05, 4.69) is 23.5 Å². The average Bonchev–Trinajstić information content (AvgIpc) is 2.80. The number of nitrogens with one attached hydrogen (secondary N) is 1. The minimum absolute atomic E-state index is 0.0243. The molecule has 0 saturated carbocycles. The number of nitrogens with two attached hydrogens (primary N) is 2. The van der Waals surface area contributed by atoms with Crippen LogP contribution in [0.25, 0.3) is 10.8 Å². The van der Waals surface area contributed by atoms with Gasteiger partial charge in [-0.25, -0.2) is 0 Å². The van der Waals surface area contributed by atoms with Crippen molar-refractivity contribution in [3.8, 4) is 5.75 Å². The third-order valence-electron chi connectivity index (χ3n) is 5.20. The molecule has 3 aromatic carbocycles. The summed E-state index contributed by atoms with van der Waals surface area (Å²) in [4.78, 5) is 13.0. The molecule has 0 spiro atoms. The zero-order valence-corrected chi connectivity index (χ0v) is 17.3. The zero-order chi connectivity index (χ0) is 21.2. The molecule has 0 amide bonds. The Kier molecular flexibility index (Phi) is 8.39. The molecule has 30 heavy (non-hydrogen) atoms. The van der Waals surface area contributed by atoms with Crippen molar-refractivity contribution >= 4 is 16.6 Å². The molecule has 0 aliphatic heterocycles. The van der Waals surface area contributed by atoms with Crippen molar-refractivity contribution in [3.63, 3.8) is 0 Å². The third-order valence-corrected chi connectivity index (χ3v) is 5.20. The molecule has 0 heterocycles. The number of carbonyl (C=O) groups excluding carboxylic acids is 1. The second kappa shape index (κ2) is 11.5. The highest BCUT2D eigenvalue weighted by Gasteiger charge is 2.24. The molecule has 0 aliphatic rings. The molecule has 3 rings (SSSR count). The molecule has 0 saturated heterocycles. The lowest BCUT2D eigenvalue weighted by Gasteiger charge is -2.22. The minimum Gasteiger partial charge on any atom is -0.491 e. The number of hydrogen-bond acceptors (Lipinski definition) is 5. The molecule has 5 nitrogen and oxygen atoms in total. The fourth-order valence-electron chi connectivity index (χ4n) is 3.42. The third kappa shape index (κ3) is 6.39. The minimum atomic E-state index is -0.541. The Morgan fingerprint density at radius 2 is 1.70 bits per heavy atom. The Hall–Kier alpha value is -2.73. The molecular formula is C25H31N3O2. The molecule has 2 atom stereocenters. The Balaban J connectivity index is 1.60. The Bertz CT molecular complexity index is 930. The van der Waals surface area contributed by atoms with Crippen LogP contribution in [0, 0.1) is 0 Å². The molecule has 3 aromatic rings. The highest BCUT2D eigenvalue weighted by Crippen LogP contribution is 2.20. The van der Waals surface area contributed by atoms with Gasteiger partial charge >= 0.3 is 0 Å². The van der Waals surface area contributed by atoms with E-state index in [1.54, 1.807) is 0 Å². The number of aryl methyl sites for hydroxylation is 1. The molecule has 0 fully saturated rings. The number of ether oxygens (including phenoxy) is 1. The standard InChI is InChI=1S/C25H31N3O2/c26-15-6-16-28-24(25(29)23(27)14-11-19-7-2-1-3-8-19)18-30-22-13-12-20-9-4-5-10-21(20)17-22/h1-5,7-10,12-13,17,23-24,28H,6,11,14-16,18,26-27H2/t23-,24?/m0/s1. The van der Waals surface area contributed by atoms with E-state index in [0.29, 0.717) is 19.5 Å². The van der Waals surface area contributed by atoms with Gasteiger partial charge in [-0.2, -0.15) is 0 Å². The van der Waals surface area contributed by atoms with E-state index in [1.165, 1.54) is 5.56 Å². The van der Waals surface area contributed by atoms with Crippen molar-refractivity contribution in [2.45, 2.75) is 31.3 Å². The second-order valence-corrected chi connectivity index (χ2v) is 7.50.